The number of nitrogens with two attached hydrogens (primary N) is 1. The van der Waals surface area contributed by atoms with Crippen LogP contribution in [0.1, 0.15) is 31.4 Å². The molecule has 0 spiro atoms. The molecule has 1 unspecified atom stereocenters. The maximum atomic E-state index is 12.3. The molecular weight excluding hydrogens is 362 g/mol. The van der Waals surface area contributed by atoms with Crippen LogP contribution in [-0.2, 0) is 10.3 Å². The minimum atomic E-state index is -1.28. The summed E-state index contributed by atoms with van der Waals surface area (Å²) in [5.41, 5.74) is 6.09. The van der Waals surface area contributed by atoms with Crippen LogP contribution in [0.15, 0.2) is 47.4 Å². The third-order valence-corrected chi connectivity index (χ3v) is 5.32. The van der Waals surface area contributed by atoms with Gasteiger partial charge in [-0.2, -0.15) is 0 Å². The van der Waals surface area contributed by atoms with E-state index < -0.39 is 11.5 Å². The lowest BCUT2D eigenvalue weighted by Gasteiger charge is -2.31. The average Bonchev–Trinajstić information content (AvgIpc) is 2.66. The largest absolute Gasteiger partial charge is 0.496 e. The minimum Gasteiger partial charge on any atom is -0.496 e. The molecule has 2 aromatic rings. The van der Waals surface area contributed by atoms with Crippen molar-refractivity contribution in [3.8, 4) is 5.75 Å². The van der Waals surface area contributed by atoms with Crippen molar-refractivity contribution in [1.29, 1.82) is 5.41 Å². The number of hydrogen-bond donors (Lipinski definition) is 4. The molecule has 0 saturated heterocycles. The summed E-state index contributed by atoms with van der Waals surface area (Å²) in [4.78, 5) is 13.2. The second kappa shape index (κ2) is 8.81. The van der Waals surface area contributed by atoms with Crippen LogP contribution in [0.4, 0.5) is 5.69 Å². The van der Waals surface area contributed by atoms with Crippen LogP contribution in [0.5, 0.6) is 5.75 Å². The van der Waals surface area contributed by atoms with E-state index >= 15 is 0 Å². The van der Waals surface area contributed by atoms with E-state index in [0.717, 1.165) is 16.4 Å². The fourth-order valence-corrected chi connectivity index (χ4v) is 3.70. The lowest BCUT2D eigenvalue weighted by Crippen LogP contribution is -2.43. The lowest BCUT2D eigenvalue weighted by atomic mass is 9.86. The van der Waals surface area contributed by atoms with Crippen LogP contribution in [-0.4, -0.2) is 29.8 Å². The molecule has 0 heterocycles. The Morgan fingerprint density at radius 2 is 1.93 bits per heavy atom. The number of anilines is 1. The van der Waals surface area contributed by atoms with E-state index in [4.69, 9.17) is 15.9 Å². The molecule has 0 amide bonds. The van der Waals surface area contributed by atoms with Crippen molar-refractivity contribution < 1.29 is 14.6 Å². The first kappa shape index (κ1) is 20.6. The molecule has 0 aromatic heterocycles. The molecule has 7 heteroatoms. The first-order chi connectivity index (χ1) is 12.9. The Morgan fingerprint density at radius 1 is 1.26 bits per heavy atom. The smallest absolute Gasteiger partial charge is 0.334 e. The molecule has 144 valence electrons. The number of rotatable bonds is 9. The van der Waals surface area contributed by atoms with Crippen LogP contribution < -0.4 is 15.8 Å². The highest BCUT2D eigenvalue weighted by atomic mass is 32.2. The van der Waals surface area contributed by atoms with Crippen molar-refractivity contribution in [2.75, 3.05) is 18.2 Å². The normalized spacial score (nSPS) is 12.9. The topological polar surface area (TPSA) is 108 Å². The summed E-state index contributed by atoms with van der Waals surface area (Å²) in [6.45, 7) is 3.87. The van der Waals surface area contributed by atoms with Gasteiger partial charge >= 0.3 is 5.97 Å². The maximum absolute atomic E-state index is 12.3. The van der Waals surface area contributed by atoms with E-state index in [1.807, 2.05) is 19.9 Å². The van der Waals surface area contributed by atoms with Gasteiger partial charge in [0.1, 0.15) is 11.6 Å². The van der Waals surface area contributed by atoms with Crippen molar-refractivity contribution in [2.45, 2.75) is 30.7 Å². The Hall–Kier alpha value is -2.67. The van der Waals surface area contributed by atoms with Gasteiger partial charge in [-0.05, 0) is 54.1 Å². The average molecular weight is 388 g/mol. The van der Waals surface area contributed by atoms with Gasteiger partial charge in [-0.1, -0.05) is 19.9 Å². The molecule has 0 fully saturated rings. The minimum absolute atomic E-state index is 0.0297. The van der Waals surface area contributed by atoms with Crippen LogP contribution in [0, 0.1) is 5.41 Å². The Bertz CT molecular complexity index is 824. The molecular formula is C20H25N3O3S. The van der Waals surface area contributed by atoms with Crippen LogP contribution >= 0.6 is 11.8 Å². The molecule has 0 bridgehead atoms. The number of hydrogen-bond acceptors (Lipinski definition) is 5. The summed E-state index contributed by atoms with van der Waals surface area (Å²) in [5.74, 6) is 0.592. The van der Waals surface area contributed by atoms with Gasteiger partial charge in [0, 0.05) is 16.1 Å². The van der Waals surface area contributed by atoms with E-state index in [1.165, 1.54) is 0 Å². The van der Waals surface area contributed by atoms with Gasteiger partial charge < -0.3 is 20.9 Å². The highest BCUT2D eigenvalue weighted by Crippen LogP contribution is 2.37. The number of nitrogen functional groups attached to an aromatic ring is 1. The Kier molecular flexibility index (Phi) is 6.74. The maximum Gasteiger partial charge on any atom is 0.334 e. The summed E-state index contributed by atoms with van der Waals surface area (Å²) < 4.78 is 5.39. The predicted molar refractivity (Wildman–Crippen MR) is 110 cm³/mol. The Balaban J connectivity index is 2.48. The number of carboxylic acid groups (broad SMARTS) is 1. The number of thioether (sulfide) groups is 1. The van der Waals surface area contributed by atoms with E-state index in [9.17, 15) is 9.90 Å². The highest BCUT2D eigenvalue weighted by Gasteiger charge is 2.39. The fraction of sp³-hybridized carbons (Fsp3) is 0.300. The first-order valence-electron chi connectivity index (χ1n) is 8.65. The number of methoxy groups -OCH3 is 1. The molecule has 0 saturated carbocycles. The van der Waals surface area contributed by atoms with Gasteiger partial charge in [-0.15, -0.1) is 11.8 Å². The molecule has 2 aromatic carbocycles. The van der Waals surface area contributed by atoms with Crippen LogP contribution in [0.2, 0.25) is 0 Å². The molecule has 2 rings (SSSR count). The highest BCUT2D eigenvalue weighted by molar-refractivity contribution is 7.99. The third-order valence-electron chi connectivity index (χ3n) is 4.41. The molecule has 0 aliphatic heterocycles. The van der Waals surface area contributed by atoms with E-state index in [1.54, 1.807) is 55.3 Å². The number of carbonyl (C=O) groups is 1. The van der Waals surface area contributed by atoms with Gasteiger partial charge in [-0.3, -0.25) is 5.41 Å². The van der Waals surface area contributed by atoms with Crippen LogP contribution in [0.25, 0.3) is 0 Å². The summed E-state index contributed by atoms with van der Waals surface area (Å²) in [7, 11) is 1.60. The van der Waals surface area contributed by atoms with Gasteiger partial charge in [0.2, 0.25) is 0 Å². The van der Waals surface area contributed by atoms with E-state index in [-0.39, 0.29) is 5.84 Å². The van der Waals surface area contributed by atoms with Gasteiger partial charge in [-0.25, -0.2) is 4.79 Å². The van der Waals surface area contributed by atoms with Gasteiger partial charge in [0.05, 0.1) is 7.11 Å². The summed E-state index contributed by atoms with van der Waals surface area (Å²) in [6, 6.07) is 12.3. The summed E-state index contributed by atoms with van der Waals surface area (Å²) in [6.07, 6.45) is 0.347. The number of nitrogens with one attached hydrogen (secondary N) is 2. The standard InChI is InChI=1S/C20H25N3O3S/c1-4-20(19(24)25,23-15-9-6-13(7-10-15)18(21)22)14-8-11-16(26-3)17(12-14)27-5-2/h6-12,23H,4-5H2,1-3H3,(H3,21,22)(H,24,25). The summed E-state index contributed by atoms with van der Waals surface area (Å²) >= 11 is 1.61. The Morgan fingerprint density at radius 3 is 2.41 bits per heavy atom. The SMILES string of the molecule is CCSc1cc(C(CC)(Nc2ccc(C(=N)N)cc2)C(=O)O)ccc1OC. The van der Waals surface area contributed by atoms with Gasteiger partial charge in [0.15, 0.2) is 5.54 Å². The number of carboxylic acids is 1. The molecule has 0 radical (unpaired) electrons. The first-order valence-corrected chi connectivity index (χ1v) is 9.63. The molecule has 0 aliphatic carbocycles. The molecule has 5 N–H and O–H groups in total. The number of benzene rings is 2. The van der Waals surface area contributed by atoms with Crippen molar-refractivity contribution in [2.24, 2.45) is 5.73 Å². The fourth-order valence-electron chi connectivity index (χ4n) is 2.88. The quantitative estimate of drug-likeness (QED) is 0.295. The van der Waals surface area contributed by atoms with Crippen molar-refractivity contribution in [1.82, 2.24) is 0 Å². The second-order valence-electron chi connectivity index (χ2n) is 5.98. The number of amidine groups is 1. The number of ether oxygens (including phenoxy) is 1. The lowest BCUT2D eigenvalue weighted by molar-refractivity contribution is -0.142. The molecule has 27 heavy (non-hydrogen) atoms. The monoisotopic (exact) mass is 387 g/mol. The third kappa shape index (κ3) is 4.36. The zero-order valence-electron chi connectivity index (χ0n) is 15.7. The Labute approximate surface area is 163 Å². The molecule has 1 atom stereocenters. The van der Waals surface area contributed by atoms with Crippen molar-refractivity contribution >= 4 is 29.3 Å². The zero-order valence-corrected chi connectivity index (χ0v) is 16.5. The summed E-state index contributed by atoms with van der Waals surface area (Å²) in [5, 5.41) is 20.7. The van der Waals surface area contributed by atoms with Gasteiger partial charge in [0.25, 0.3) is 0 Å². The molecule has 0 aliphatic rings. The van der Waals surface area contributed by atoms with Crippen molar-refractivity contribution in [3.63, 3.8) is 0 Å². The zero-order chi connectivity index (χ0) is 20.0. The molecule has 6 nitrogen and oxygen atoms in total. The second-order valence-corrected chi connectivity index (χ2v) is 7.28. The van der Waals surface area contributed by atoms with Crippen molar-refractivity contribution in [3.05, 3.63) is 53.6 Å². The van der Waals surface area contributed by atoms with E-state index in [2.05, 4.69) is 5.32 Å². The van der Waals surface area contributed by atoms with Crippen LogP contribution in [0.3, 0.4) is 0 Å². The number of aliphatic carboxylic acids is 1. The predicted octanol–water partition coefficient (Wildman–Crippen LogP) is 3.89. The van der Waals surface area contributed by atoms with E-state index in [0.29, 0.717) is 23.2 Å².